The van der Waals surface area contributed by atoms with Gasteiger partial charge in [0.2, 0.25) is 0 Å². The molecule has 0 saturated heterocycles. The molecule has 0 N–H and O–H groups in total. The van der Waals surface area contributed by atoms with E-state index in [2.05, 4.69) is 0 Å². The zero-order valence-electron chi connectivity index (χ0n) is 18.5. The predicted molar refractivity (Wildman–Crippen MR) is 122 cm³/mol. The lowest BCUT2D eigenvalue weighted by molar-refractivity contribution is -0.137. The Bertz CT molecular complexity index is 1170. The van der Waals surface area contributed by atoms with E-state index in [1.807, 2.05) is 50.2 Å². The van der Waals surface area contributed by atoms with Gasteiger partial charge in [0.1, 0.15) is 0 Å². The molecular formula is C25H28F3NO2S. The molecule has 7 heteroatoms. The van der Waals surface area contributed by atoms with E-state index >= 15 is 0 Å². The highest BCUT2D eigenvalue weighted by molar-refractivity contribution is 7.91. The van der Waals surface area contributed by atoms with Gasteiger partial charge in [-0.05, 0) is 73.6 Å². The molecule has 0 fully saturated rings. The second kappa shape index (κ2) is 9.63. The van der Waals surface area contributed by atoms with Gasteiger partial charge in [-0.15, -0.1) is 0 Å². The van der Waals surface area contributed by atoms with Crippen molar-refractivity contribution < 1.29 is 21.6 Å². The number of nitrogens with zero attached hydrogens (tertiary/aromatic N) is 1. The van der Waals surface area contributed by atoms with E-state index < -0.39 is 26.8 Å². The molecule has 0 spiro atoms. The number of hydrogen-bond acceptors (Lipinski definition) is 3. The fraction of sp³-hybridized carbons (Fsp3) is 0.360. The largest absolute Gasteiger partial charge is 0.416 e. The van der Waals surface area contributed by atoms with E-state index in [0.717, 1.165) is 34.9 Å². The second-order valence-electron chi connectivity index (χ2n) is 8.26. The minimum Gasteiger partial charge on any atom is -0.309 e. The summed E-state index contributed by atoms with van der Waals surface area (Å²) in [6.07, 6.45) is -2.81. The SMILES string of the molecule is CCCc1c(S(=O)(=O)C(CCN(C)C)c2ccc(C(F)(F)F)cc2)ccc2ccccc12. The lowest BCUT2D eigenvalue weighted by Crippen LogP contribution is -2.22. The van der Waals surface area contributed by atoms with E-state index in [-0.39, 0.29) is 11.3 Å². The Hall–Kier alpha value is -2.38. The van der Waals surface area contributed by atoms with Crippen LogP contribution < -0.4 is 0 Å². The molecule has 0 bridgehead atoms. The Labute approximate surface area is 187 Å². The molecule has 0 aliphatic rings. The van der Waals surface area contributed by atoms with Gasteiger partial charge in [-0.2, -0.15) is 13.2 Å². The molecular weight excluding hydrogens is 435 g/mol. The Morgan fingerprint density at radius 1 is 0.938 bits per heavy atom. The zero-order valence-corrected chi connectivity index (χ0v) is 19.3. The monoisotopic (exact) mass is 463 g/mol. The number of benzene rings is 3. The van der Waals surface area contributed by atoms with Gasteiger partial charge in [-0.3, -0.25) is 0 Å². The topological polar surface area (TPSA) is 37.4 Å². The standard InChI is InChI=1S/C25H28F3NO2S/c1-4-7-22-21-9-6-5-8-18(21)12-15-24(22)32(30,31)23(16-17-29(2)3)19-10-13-20(14-11-19)25(26,27)28/h5-6,8-15,23H,4,7,16-17H2,1-3H3. The van der Waals surface area contributed by atoms with Gasteiger partial charge < -0.3 is 4.90 Å². The molecule has 3 aromatic carbocycles. The molecule has 0 saturated carbocycles. The number of rotatable bonds is 8. The molecule has 0 radical (unpaired) electrons. The highest BCUT2D eigenvalue weighted by Crippen LogP contribution is 2.38. The maximum absolute atomic E-state index is 13.9. The quantitative estimate of drug-likeness (QED) is 0.395. The summed E-state index contributed by atoms with van der Waals surface area (Å²) in [4.78, 5) is 2.14. The van der Waals surface area contributed by atoms with E-state index in [9.17, 15) is 21.6 Å². The third-order valence-electron chi connectivity index (χ3n) is 5.63. The molecule has 32 heavy (non-hydrogen) atoms. The fourth-order valence-electron chi connectivity index (χ4n) is 4.01. The Kier molecular flexibility index (Phi) is 7.30. The first-order valence-electron chi connectivity index (χ1n) is 10.6. The average molecular weight is 464 g/mol. The van der Waals surface area contributed by atoms with Crippen molar-refractivity contribution in [3.05, 3.63) is 77.4 Å². The van der Waals surface area contributed by atoms with Crippen LogP contribution in [0.1, 0.15) is 41.7 Å². The number of alkyl halides is 3. The predicted octanol–water partition coefficient (Wildman–Crippen LogP) is 6.28. The first-order valence-corrected chi connectivity index (χ1v) is 12.2. The highest BCUT2D eigenvalue weighted by Gasteiger charge is 2.34. The first kappa shape index (κ1) is 24.3. The number of halogens is 3. The molecule has 1 unspecified atom stereocenters. The fourth-order valence-corrected chi connectivity index (χ4v) is 6.06. The summed E-state index contributed by atoms with van der Waals surface area (Å²) in [5.41, 5.74) is 0.352. The molecule has 0 aliphatic carbocycles. The molecule has 3 rings (SSSR count). The van der Waals surface area contributed by atoms with Crippen LogP contribution in [0, 0.1) is 0 Å². The van der Waals surface area contributed by atoms with Crippen molar-refractivity contribution in [3.63, 3.8) is 0 Å². The van der Waals surface area contributed by atoms with E-state index in [1.54, 1.807) is 12.1 Å². The number of sulfone groups is 1. The van der Waals surface area contributed by atoms with Crippen molar-refractivity contribution in [1.29, 1.82) is 0 Å². The summed E-state index contributed by atoms with van der Waals surface area (Å²) in [6.45, 7) is 2.49. The summed E-state index contributed by atoms with van der Waals surface area (Å²) in [5, 5.41) is 0.924. The van der Waals surface area contributed by atoms with Crippen LogP contribution in [0.15, 0.2) is 65.6 Å². The Morgan fingerprint density at radius 3 is 2.19 bits per heavy atom. The highest BCUT2D eigenvalue weighted by atomic mass is 32.2. The van der Waals surface area contributed by atoms with Gasteiger partial charge in [-0.25, -0.2) is 8.42 Å². The summed E-state index contributed by atoms with van der Waals surface area (Å²) >= 11 is 0. The number of hydrogen-bond donors (Lipinski definition) is 0. The van der Waals surface area contributed by atoms with Crippen molar-refractivity contribution in [3.8, 4) is 0 Å². The lowest BCUT2D eigenvalue weighted by Gasteiger charge is -2.23. The van der Waals surface area contributed by atoms with Crippen molar-refractivity contribution in [2.45, 2.75) is 42.5 Å². The van der Waals surface area contributed by atoms with Crippen LogP contribution in [0.4, 0.5) is 13.2 Å². The number of aryl methyl sites for hydroxylation is 1. The maximum Gasteiger partial charge on any atom is 0.416 e. The van der Waals surface area contributed by atoms with Crippen molar-refractivity contribution >= 4 is 20.6 Å². The summed E-state index contributed by atoms with van der Waals surface area (Å²) in [6, 6.07) is 15.6. The van der Waals surface area contributed by atoms with Gasteiger partial charge in [0.25, 0.3) is 0 Å². The summed E-state index contributed by atoms with van der Waals surface area (Å²) < 4.78 is 67.0. The van der Waals surface area contributed by atoms with Crippen LogP contribution in [-0.2, 0) is 22.4 Å². The van der Waals surface area contributed by atoms with Crippen LogP contribution in [0.5, 0.6) is 0 Å². The molecule has 3 aromatic rings. The van der Waals surface area contributed by atoms with Crippen LogP contribution in [0.25, 0.3) is 10.8 Å². The van der Waals surface area contributed by atoms with Gasteiger partial charge >= 0.3 is 6.18 Å². The van der Waals surface area contributed by atoms with Crippen LogP contribution in [0.3, 0.4) is 0 Å². The number of fused-ring (bicyclic) bond motifs is 1. The molecule has 0 heterocycles. The minimum absolute atomic E-state index is 0.265. The van der Waals surface area contributed by atoms with Gasteiger partial charge in [0.05, 0.1) is 15.7 Å². The molecule has 1 atom stereocenters. The molecule has 0 amide bonds. The van der Waals surface area contributed by atoms with Crippen molar-refractivity contribution in [2.75, 3.05) is 20.6 Å². The third kappa shape index (κ3) is 5.15. The Balaban J connectivity index is 2.15. The van der Waals surface area contributed by atoms with Crippen LogP contribution in [-0.4, -0.2) is 34.0 Å². The van der Waals surface area contributed by atoms with Gasteiger partial charge in [-0.1, -0.05) is 55.8 Å². The van der Waals surface area contributed by atoms with E-state index in [1.165, 1.54) is 12.1 Å². The second-order valence-corrected chi connectivity index (χ2v) is 10.4. The van der Waals surface area contributed by atoms with Gasteiger partial charge in [0, 0.05) is 0 Å². The van der Waals surface area contributed by atoms with E-state index in [4.69, 9.17) is 0 Å². The third-order valence-corrected chi connectivity index (χ3v) is 7.88. The lowest BCUT2D eigenvalue weighted by atomic mass is 10.0. The summed E-state index contributed by atoms with van der Waals surface area (Å²) in [5.74, 6) is 0. The molecule has 0 aromatic heterocycles. The van der Waals surface area contributed by atoms with Crippen molar-refractivity contribution in [1.82, 2.24) is 4.90 Å². The van der Waals surface area contributed by atoms with Crippen molar-refractivity contribution in [2.24, 2.45) is 0 Å². The van der Waals surface area contributed by atoms with E-state index in [0.29, 0.717) is 18.5 Å². The normalized spacial score (nSPS) is 13.6. The summed E-state index contributed by atoms with van der Waals surface area (Å²) in [7, 11) is -0.166. The molecule has 0 aliphatic heterocycles. The minimum atomic E-state index is -4.47. The smallest absolute Gasteiger partial charge is 0.309 e. The zero-order chi connectivity index (χ0) is 23.5. The molecule has 172 valence electrons. The van der Waals surface area contributed by atoms with Crippen LogP contribution >= 0.6 is 0 Å². The van der Waals surface area contributed by atoms with Crippen LogP contribution in [0.2, 0.25) is 0 Å². The van der Waals surface area contributed by atoms with Gasteiger partial charge in [0.15, 0.2) is 9.84 Å². The average Bonchev–Trinajstić information content (AvgIpc) is 2.73. The first-order chi connectivity index (χ1) is 15.1. The molecule has 3 nitrogen and oxygen atoms in total. The maximum atomic E-state index is 13.9. The Morgan fingerprint density at radius 2 is 1.59 bits per heavy atom.